The highest BCUT2D eigenvalue weighted by Gasteiger charge is 2.10. The molecule has 0 amide bonds. The first-order valence-electron chi connectivity index (χ1n) is 6.00. The molecule has 5 heteroatoms. The second-order valence-corrected chi connectivity index (χ2v) is 4.49. The molecule has 0 aliphatic carbocycles. The van der Waals surface area contributed by atoms with Crippen LogP contribution in [0, 0.1) is 0 Å². The van der Waals surface area contributed by atoms with Crippen LogP contribution in [0.5, 0.6) is 0 Å². The van der Waals surface area contributed by atoms with Crippen molar-refractivity contribution in [2.45, 2.75) is 32.9 Å². The van der Waals surface area contributed by atoms with Crippen LogP contribution in [0.15, 0.2) is 28.8 Å². The SMILES string of the molecule is CCc1noc(CNC(C)c2ccccc2Cl)n1. The van der Waals surface area contributed by atoms with Gasteiger partial charge in [0.05, 0.1) is 6.54 Å². The van der Waals surface area contributed by atoms with Gasteiger partial charge in [0.15, 0.2) is 5.82 Å². The maximum atomic E-state index is 6.14. The van der Waals surface area contributed by atoms with Gasteiger partial charge in [-0.2, -0.15) is 4.98 Å². The quantitative estimate of drug-likeness (QED) is 0.902. The van der Waals surface area contributed by atoms with Crippen LogP contribution in [-0.4, -0.2) is 10.1 Å². The van der Waals surface area contributed by atoms with Crippen LogP contribution in [0.2, 0.25) is 5.02 Å². The van der Waals surface area contributed by atoms with Gasteiger partial charge < -0.3 is 9.84 Å². The van der Waals surface area contributed by atoms with Crippen molar-refractivity contribution in [3.05, 3.63) is 46.6 Å². The molecule has 0 saturated carbocycles. The number of nitrogens with zero attached hydrogens (tertiary/aromatic N) is 2. The van der Waals surface area contributed by atoms with Gasteiger partial charge in [-0.15, -0.1) is 0 Å². The fourth-order valence-corrected chi connectivity index (χ4v) is 1.98. The van der Waals surface area contributed by atoms with E-state index < -0.39 is 0 Å². The van der Waals surface area contributed by atoms with Gasteiger partial charge in [0, 0.05) is 17.5 Å². The average Bonchev–Trinajstić information content (AvgIpc) is 2.84. The van der Waals surface area contributed by atoms with Gasteiger partial charge in [-0.25, -0.2) is 0 Å². The predicted molar refractivity (Wildman–Crippen MR) is 70.4 cm³/mol. The summed E-state index contributed by atoms with van der Waals surface area (Å²) in [7, 11) is 0. The molecule has 0 fully saturated rings. The highest BCUT2D eigenvalue weighted by atomic mass is 35.5. The van der Waals surface area contributed by atoms with Gasteiger partial charge in [0.2, 0.25) is 5.89 Å². The summed E-state index contributed by atoms with van der Waals surface area (Å²) in [6, 6.07) is 7.92. The topological polar surface area (TPSA) is 51.0 Å². The molecule has 2 rings (SSSR count). The number of rotatable bonds is 5. The Hall–Kier alpha value is -1.39. The summed E-state index contributed by atoms with van der Waals surface area (Å²) in [4.78, 5) is 4.24. The molecule has 0 aliphatic rings. The molecule has 0 spiro atoms. The molecular weight excluding hydrogens is 250 g/mol. The largest absolute Gasteiger partial charge is 0.338 e. The molecule has 4 nitrogen and oxygen atoms in total. The number of benzene rings is 1. The van der Waals surface area contributed by atoms with E-state index in [0.717, 1.165) is 22.8 Å². The molecule has 1 N–H and O–H groups in total. The lowest BCUT2D eigenvalue weighted by Gasteiger charge is -2.13. The molecular formula is C13H16ClN3O. The third-order valence-electron chi connectivity index (χ3n) is 2.76. The normalized spacial score (nSPS) is 12.6. The lowest BCUT2D eigenvalue weighted by molar-refractivity contribution is 0.356. The van der Waals surface area contributed by atoms with E-state index in [4.69, 9.17) is 16.1 Å². The van der Waals surface area contributed by atoms with Crippen LogP contribution in [0.3, 0.4) is 0 Å². The van der Waals surface area contributed by atoms with Gasteiger partial charge in [-0.1, -0.05) is 41.9 Å². The highest BCUT2D eigenvalue weighted by Crippen LogP contribution is 2.22. The molecule has 96 valence electrons. The summed E-state index contributed by atoms with van der Waals surface area (Å²) in [5, 5.41) is 7.92. The first kappa shape index (κ1) is 13.1. The lowest BCUT2D eigenvalue weighted by Crippen LogP contribution is -2.18. The summed E-state index contributed by atoms with van der Waals surface area (Å²) >= 11 is 6.14. The summed E-state index contributed by atoms with van der Waals surface area (Å²) in [5.74, 6) is 1.34. The van der Waals surface area contributed by atoms with Crippen LogP contribution in [-0.2, 0) is 13.0 Å². The molecule has 1 aromatic carbocycles. The minimum Gasteiger partial charge on any atom is -0.338 e. The maximum Gasteiger partial charge on any atom is 0.240 e. The van der Waals surface area contributed by atoms with Crippen molar-refractivity contribution in [1.82, 2.24) is 15.5 Å². The van der Waals surface area contributed by atoms with Gasteiger partial charge >= 0.3 is 0 Å². The van der Waals surface area contributed by atoms with Crippen LogP contribution >= 0.6 is 11.6 Å². The monoisotopic (exact) mass is 265 g/mol. The fourth-order valence-electron chi connectivity index (χ4n) is 1.68. The average molecular weight is 266 g/mol. The van der Waals surface area contributed by atoms with E-state index in [1.165, 1.54) is 0 Å². The summed E-state index contributed by atoms with van der Waals surface area (Å²) in [5.41, 5.74) is 1.06. The Morgan fingerprint density at radius 1 is 1.39 bits per heavy atom. The minimum atomic E-state index is 0.135. The van der Waals surface area contributed by atoms with Crippen LogP contribution in [0.4, 0.5) is 0 Å². The van der Waals surface area contributed by atoms with Crippen molar-refractivity contribution >= 4 is 11.6 Å². The van der Waals surface area contributed by atoms with Gasteiger partial charge in [0.25, 0.3) is 0 Å². The molecule has 1 atom stereocenters. The lowest BCUT2D eigenvalue weighted by atomic mass is 10.1. The van der Waals surface area contributed by atoms with Crippen LogP contribution in [0.1, 0.15) is 37.2 Å². The van der Waals surface area contributed by atoms with Gasteiger partial charge in [-0.3, -0.25) is 0 Å². The van der Waals surface area contributed by atoms with Crippen LogP contribution < -0.4 is 5.32 Å². The predicted octanol–water partition coefficient (Wildman–Crippen LogP) is 3.14. The second kappa shape index (κ2) is 5.98. The van der Waals surface area contributed by atoms with E-state index in [-0.39, 0.29) is 6.04 Å². The van der Waals surface area contributed by atoms with Crippen molar-refractivity contribution in [2.75, 3.05) is 0 Å². The second-order valence-electron chi connectivity index (χ2n) is 4.08. The first-order valence-corrected chi connectivity index (χ1v) is 6.37. The van der Waals surface area contributed by atoms with E-state index >= 15 is 0 Å². The number of nitrogens with one attached hydrogen (secondary N) is 1. The van der Waals surface area contributed by atoms with E-state index in [2.05, 4.69) is 22.4 Å². The highest BCUT2D eigenvalue weighted by molar-refractivity contribution is 6.31. The molecule has 18 heavy (non-hydrogen) atoms. The number of hydrogen-bond donors (Lipinski definition) is 1. The number of halogens is 1. The number of aryl methyl sites for hydroxylation is 1. The Labute approximate surface area is 111 Å². The molecule has 0 aliphatic heterocycles. The Bertz CT molecular complexity index is 512. The van der Waals surface area contributed by atoms with Crippen molar-refractivity contribution < 1.29 is 4.52 Å². The van der Waals surface area contributed by atoms with E-state index in [9.17, 15) is 0 Å². The standard InChI is InChI=1S/C13H16ClN3O/c1-3-12-16-13(18-17-12)8-15-9(2)10-6-4-5-7-11(10)14/h4-7,9,15H,3,8H2,1-2H3. The molecule has 0 saturated heterocycles. The zero-order valence-electron chi connectivity index (χ0n) is 10.5. The summed E-state index contributed by atoms with van der Waals surface area (Å²) in [6.45, 7) is 4.59. The summed E-state index contributed by atoms with van der Waals surface area (Å²) < 4.78 is 5.12. The molecule has 2 aromatic rings. The molecule has 1 aromatic heterocycles. The van der Waals surface area contributed by atoms with Crippen LogP contribution in [0.25, 0.3) is 0 Å². The Kier molecular flexibility index (Phi) is 4.33. The first-order chi connectivity index (χ1) is 8.70. The zero-order chi connectivity index (χ0) is 13.0. The fraction of sp³-hybridized carbons (Fsp3) is 0.385. The molecule has 0 radical (unpaired) electrons. The molecule has 1 heterocycles. The van der Waals surface area contributed by atoms with Crippen molar-refractivity contribution in [3.8, 4) is 0 Å². The van der Waals surface area contributed by atoms with E-state index in [1.54, 1.807) is 0 Å². The Morgan fingerprint density at radius 2 is 2.17 bits per heavy atom. The Morgan fingerprint density at radius 3 is 2.83 bits per heavy atom. The maximum absolute atomic E-state index is 6.14. The van der Waals surface area contributed by atoms with Gasteiger partial charge in [0.1, 0.15) is 0 Å². The third kappa shape index (κ3) is 3.09. The third-order valence-corrected chi connectivity index (χ3v) is 3.10. The molecule has 1 unspecified atom stereocenters. The van der Waals surface area contributed by atoms with Crippen molar-refractivity contribution in [1.29, 1.82) is 0 Å². The Balaban J connectivity index is 1.96. The van der Waals surface area contributed by atoms with Gasteiger partial charge in [-0.05, 0) is 18.6 Å². The van der Waals surface area contributed by atoms with Crippen molar-refractivity contribution in [2.24, 2.45) is 0 Å². The van der Waals surface area contributed by atoms with E-state index in [1.807, 2.05) is 31.2 Å². The summed E-state index contributed by atoms with van der Waals surface area (Å²) in [6.07, 6.45) is 0.781. The number of hydrogen-bond acceptors (Lipinski definition) is 4. The molecule has 0 bridgehead atoms. The zero-order valence-corrected chi connectivity index (χ0v) is 11.2. The smallest absolute Gasteiger partial charge is 0.240 e. The minimum absolute atomic E-state index is 0.135. The van der Waals surface area contributed by atoms with Crippen molar-refractivity contribution in [3.63, 3.8) is 0 Å². The van der Waals surface area contributed by atoms with E-state index in [0.29, 0.717) is 12.4 Å². The number of aromatic nitrogens is 2.